The molecule has 0 amide bonds. The molecule has 0 unspecified atom stereocenters. The highest BCUT2D eigenvalue weighted by atomic mass is 35.5. The molecule has 2 aromatic rings. The van der Waals surface area contributed by atoms with E-state index in [1.807, 2.05) is 0 Å². The molecule has 0 saturated carbocycles. The van der Waals surface area contributed by atoms with Gasteiger partial charge in [0.1, 0.15) is 5.82 Å². The lowest BCUT2D eigenvalue weighted by Crippen LogP contribution is -2.30. The van der Waals surface area contributed by atoms with Gasteiger partial charge in [-0.3, -0.25) is 0 Å². The lowest BCUT2D eigenvalue weighted by Gasteiger charge is -2.31. The van der Waals surface area contributed by atoms with Crippen LogP contribution in [0.25, 0.3) is 0 Å². The zero-order valence-corrected chi connectivity index (χ0v) is 12.6. The fraction of sp³-hybridized carbons (Fsp3) is 0.333. The van der Waals surface area contributed by atoms with Gasteiger partial charge >= 0.3 is 6.18 Å². The van der Waals surface area contributed by atoms with E-state index in [2.05, 4.69) is 10.2 Å². The topological polar surface area (TPSA) is 29.0 Å². The smallest absolute Gasteiger partial charge is 0.366 e. The highest BCUT2D eigenvalue weighted by Crippen LogP contribution is 2.35. The van der Waals surface area contributed by atoms with Gasteiger partial charge < -0.3 is 4.90 Å². The summed E-state index contributed by atoms with van der Waals surface area (Å²) in [6, 6.07) is 4.09. The van der Waals surface area contributed by atoms with E-state index in [9.17, 15) is 17.6 Å². The Bertz CT molecular complexity index is 733. The van der Waals surface area contributed by atoms with Crippen molar-refractivity contribution in [2.24, 2.45) is 0 Å². The molecule has 1 aliphatic heterocycles. The molecule has 0 saturated heterocycles. The number of rotatable bonds is 2. The minimum Gasteiger partial charge on any atom is -0.366 e. The maximum atomic E-state index is 13.4. The van der Waals surface area contributed by atoms with Crippen LogP contribution in [0.1, 0.15) is 23.2 Å². The van der Waals surface area contributed by atoms with Crippen LogP contribution in [0.2, 0.25) is 5.15 Å². The fourth-order valence-electron chi connectivity index (χ4n) is 2.73. The summed E-state index contributed by atoms with van der Waals surface area (Å²) in [5, 5.41) is 7.91. The second-order valence-corrected chi connectivity index (χ2v) is 5.71. The number of anilines is 1. The Labute approximate surface area is 134 Å². The van der Waals surface area contributed by atoms with Gasteiger partial charge in [0.05, 0.1) is 16.9 Å². The Balaban J connectivity index is 1.98. The van der Waals surface area contributed by atoms with Crippen LogP contribution in [0, 0.1) is 5.82 Å². The molecule has 3 rings (SSSR count). The van der Waals surface area contributed by atoms with Crippen molar-refractivity contribution in [3.8, 4) is 0 Å². The van der Waals surface area contributed by atoms with E-state index >= 15 is 0 Å². The summed E-state index contributed by atoms with van der Waals surface area (Å²) >= 11 is 5.83. The summed E-state index contributed by atoms with van der Waals surface area (Å²) in [6.07, 6.45) is -3.11. The summed E-state index contributed by atoms with van der Waals surface area (Å²) in [4.78, 5) is 1.73. The molecule has 0 radical (unpaired) electrons. The largest absolute Gasteiger partial charge is 0.416 e. The van der Waals surface area contributed by atoms with Crippen molar-refractivity contribution in [2.75, 3.05) is 11.4 Å². The van der Waals surface area contributed by atoms with Gasteiger partial charge in [-0.25, -0.2) is 4.39 Å². The highest BCUT2D eigenvalue weighted by molar-refractivity contribution is 6.29. The molecule has 0 bridgehead atoms. The summed E-state index contributed by atoms with van der Waals surface area (Å²) in [5.41, 5.74) is 0.386. The summed E-state index contributed by atoms with van der Waals surface area (Å²) < 4.78 is 52.7. The van der Waals surface area contributed by atoms with E-state index in [1.165, 1.54) is 0 Å². The molecule has 0 N–H and O–H groups in total. The minimum atomic E-state index is -4.53. The number of aromatic nitrogens is 2. The van der Waals surface area contributed by atoms with E-state index in [-0.39, 0.29) is 17.3 Å². The molecule has 8 heteroatoms. The number of alkyl halides is 3. The number of halogens is 5. The van der Waals surface area contributed by atoms with Crippen molar-refractivity contribution in [3.63, 3.8) is 0 Å². The predicted molar refractivity (Wildman–Crippen MR) is 77.8 cm³/mol. The van der Waals surface area contributed by atoms with Crippen LogP contribution < -0.4 is 4.90 Å². The maximum Gasteiger partial charge on any atom is 0.416 e. The van der Waals surface area contributed by atoms with Crippen LogP contribution in [0.3, 0.4) is 0 Å². The van der Waals surface area contributed by atoms with Gasteiger partial charge in [0.2, 0.25) is 0 Å². The van der Waals surface area contributed by atoms with Gasteiger partial charge in [-0.15, -0.1) is 5.10 Å². The summed E-state index contributed by atoms with van der Waals surface area (Å²) in [7, 11) is 0. The first-order valence-corrected chi connectivity index (χ1v) is 7.35. The zero-order chi connectivity index (χ0) is 16.6. The second kappa shape index (κ2) is 5.96. The number of fused-ring (bicyclic) bond motifs is 1. The number of hydrogen-bond donors (Lipinski definition) is 0. The van der Waals surface area contributed by atoms with E-state index in [4.69, 9.17) is 11.6 Å². The molecule has 1 aromatic carbocycles. The fourth-order valence-corrected chi connectivity index (χ4v) is 2.87. The molecule has 23 heavy (non-hydrogen) atoms. The third-order valence-electron chi connectivity index (χ3n) is 3.73. The zero-order valence-electron chi connectivity index (χ0n) is 11.9. The number of nitrogens with zero attached hydrogens (tertiary/aromatic N) is 3. The predicted octanol–water partition coefficient (Wildman–Crippen LogP) is 4.24. The first-order valence-electron chi connectivity index (χ1n) is 6.97. The SMILES string of the molecule is Fc1ccc(C(F)(F)F)c(CN2CCCc3nnc(Cl)cc32)c1. The molecule has 2 heterocycles. The average Bonchev–Trinajstić information content (AvgIpc) is 2.46. The van der Waals surface area contributed by atoms with Crippen LogP contribution in [-0.2, 0) is 19.1 Å². The average molecular weight is 346 g/mol. The van der Waals surface area contributed by atoms with Crippen molar-refractivity contribution in [3.05, 3.63) is 52.1 Å². The van der Waals surface area contributed by atoms with Gasteiger partial charge in [0, 0.05) is 19.2 Å². The summed E-state index contributed by atoms with van der Waals surface area (Å²) in [6.45, 7) is 0.477. The van der Waals surface area contributed by atoms with Gasteiger partial charge in [-0.05, 0) is 36.6 Å². The molecular weight excluding hydrogens is 334 g/mol. The van der Waals surface area contributed by atoms with Crippen molar-refractivity contribution < 1.29 is 17.6 Å². The molecule has 0 aliphatic carbocycles. The Morgan fingerprint density at radius 2 is 1.96 bits per heavy atom. The van der Waals surface area contributed by atoms with Crippen molar-refractivity contribution in [1.82, 2.24) is 10.2 Å². The van der Waals surface area contributed by atoms with E-state index < -0.39 is 17.6 Å². The number of hydrogen-bond acceptors (Lipinski definition) is 3. The van der Waals surface area contributed by atoms with Gasteiger partial charge in [-0.1, -0.05) is 11.6 Å². The Hall–Kier alpha value is -1.89. The second-order valence-electron chi connectivity index (χ2n) is 5.32. The van der Waals surface area contributed by atoms with Crippen LogP contribution >= 0.6 is 11.6 Å². The van der Waals surface area contributed by atoms with Crippen molar-refractivity contribution >= 4 is 17.3 Å². The van der Waals surface area contributed by atoms with Crippen LogP contribution in [-0.4, -0.2) is 16.7 Å². The van der Waals surface area contributed by atoms with Crippen molar-refractivity contribution in [2.45, 2.75) is 25.6 Å². The molecule has 0 atom stereocenters. The van der Waals surface area contributed by atoms with Crippen LogP contribution in [0.4, 0.5) is 23.2 Å². The number of aryl methyl sites for hydroxylation is 1. The molecule has 0 fully saturated rings. The third-order valence-corrected chi connectivity index (χ3v) is 3.92. The lowest BCUT2D eigenvalue weighted by molar-refractivity contribution is -0.138. The quantitative estimate of drug-likeness (QED) is 0.762. The number of benzene rings is 1. The molecule has 0 spiro atoms. The molecule has 1 aliphatic rings. The van der Waals surface area contributed by atoms with Crippen LogP contribution in [0.15, 0.2) is 24.3 Å². The maximum absolute atomic E-state index is 13.4. The Morgan fingerprint density at radius 1 is 1.17 bits per heavy atom. The van der Waals surface area contributed by atoms with Gasteiger partial charge in [0.15, 0.2) is 5.15 Å². The monoisotopic (exact) mass is 345 g/mol. The normalized spacial score (nSPS) is 14.7. The van der Waals surface area contributed by atoms with E-state index in [1.54, 1.807) is 11.0 Å². The van der Waals surface area contributed by atoms with Gasteiger partial charge in [-0.2, -0.15) is 18.3 Å². The first kappa shape index (κ1) is 16.0. The lowest BCUT2D eigenvalue weighted by atomic mass is 10.0. The Kier molecular flexibility index (Phi) is 4.14. The molecule has 1 aromatic heterocycles. The minimum absolute atomic E-state index is 0.0678. The first-order chi connectivity index (χ1) is 10.8. The summed E-state index contributed by atoms with van der Waals surface area (Å²) in [5.74, 6) is -0.698. The van der Waals surface area contributed by atoms with Crippen LogP contribution in [0.5, 0.6) is 0 Å². The molecule has 122 valence electrons. The van der Waals surface area contributed by atoms with Crippen molar-refractivity contribution in [1.29, 1.82) is 0 Å². The third kappa shape index (κ3) is 3.39. The van der Waals surface area contributed by atoms with E-state index in [0.29, 0.717) is 24.3 Å². The molecular formula is C15H12ClF4N3. The highest BCUT2D eigenvalue weighted by Gasteiger charge is 2.34. The molecule has 3 nitrogen and oxygen atoms in total. The van der Waals surface area contributed by atoms with Gasteiger partial charge in [0.25, 0.3) is 0 Å². The Morgan fingerprint density at radius 3 is 2.70 bits per heavy atom. The van der Waals surface area contributed by atoms with E-state index in [0.717, 1.165) is 24.6 Å². The standard InChI is InChI=1S/C15H12ClF4N3/c16-14-7-13-12(21-22-14)2-1-5-23(13)8-9-6-10(17)3-4-11(9)15(18,19)20/h3-4,6-7H,1-2,5,8H2.